The highest BCUT2D eigenvalue weighted by Gasteiger charge is 2.15. The number of carbonyl (C=O) groups excluding carboxylic acids is 1. The molecule has 0 radical (unpaired) electrons. The summed E-state index contributed by atoms with van der Waals surface area (Å²) in [5.41, 5.74) is 0.0710. The number of amides is 1. The average Bonchev–Trinajstić information content (AvgIpc) is 2.85. The summed E-state index contributed by atoms with van der Waals surface area (Å²) in [7, 11) is 0. The van der Waals surface area contributed by atoms with Gasteiger partial charge in [0.15, 0.2) is 11.4 Å². The van der Waals surface area contributed by atoms with Crippen molar-refractivity contribution in [3.05, 3.63) is 11.4 Å². The smallest absolute Gasteiger partial charge is 0.226 e. The molecule has 0 aromatic carbocycles. The van der Waals surface area contributed by atoms with Crippen molar-refractivity contribution in [2.75, 3.05) is 5.32 Å². The van der Waals surface area contributed by atoms with Crippen molar-refractivity contribution in [2.45, 2.75) is 46.0 Å². The molecule has 0 unspecified atom stereocenters. The van der Waals surface area contributed by atoms with Gasteiger partial charge in [0, 0.05) is 6.42 Å². The highest BCUT2D eigenvalue weighted by Crippen LogP contribution is 2.17. The van der Waals surface area contributed by atoms with Crippen molar-refractivity contribution in [3.63, 3.8) is 0 Å². The summed E-state index contributed by atoms with van der Waals surface area (Å²) in [5, 5.41) is 20.2. The van der Waals surface area contributed by atoms with Gasteiger partial charge >= 0.3 is 0 Å². The zero-order valence-electron chi connectivity index (χ0n) is 11.9. The zero-order chi connectivity index (χ0) is 15.0. The van der Waals surface area contributed by atoms with Crippen LogP contribution >= 0.6 is 0 Å². The summed E-state index contributed by atoms with van der Waals surface area (Å²) in [6, 6.07) is 3.63. The van der Waals surface area contributed by atoms with Gasteiger partial charge in [-0.3, -0.25) is 10.1 Å². The number of aromatic nitrogens is 2. The molecule has 106 valence electrons. The van der Waals surface area contributed by atoms with Crippen molar-refractivity contribution in [2.24, 2.45) is 5.92 Å². The second-order valence-corrected chi connectivity index (χ2v) is 4.70. The Kier molecular flexibility index (Phi) is 6.25. The maximum absolute atomic E-state index is 11.9. The number of imidazole rings is 1. The van der Waals surface area contributed by atoms with E-state index in [4.69, 9.17) is 10.5 Å². The Morgan fingerprint density at radius 3 is 2.65 bits per heavy atom. The largest absolute Gasteiger partial charge is 0.314 e. The van der Waals surface area contributed by atoms with Crippen molar-refractivity contribution in [3.8, 4) is 12.1 Å². The van der Waals surface area contributed by atoms with Gasteiger partial charge in [-0.05, 0) is 12.3 Å². The standard InChI is InChI=1S/C14H19N5O/c1-3-5-6-10(4-2)7-13(20)19-14-17-11(8-15)12(9-16)18-14/h10H,3-7H2,1-2H3,(H2,17,18,19,20)/t10-/m0/s1. The predicted molar refractivity (Wildman–Crippen MR) is 74.6 cm³/mol. The normalized spacial score (nSPS) is 11.4. The highest BCUT2D eigenvalue weighted by atomic mass is 16.1. The first-order valence-electron chi connectivity index (χ1n) is 6.84. The van der Waals surface area contributed by atoms with Crippen LogP contribution in [0.2, 0.25) is 0 Å². The van der Waals surface area contributed by atoms with E-state index in [1.807, 2.05) is 6.07 Å². The highest BCUT2D eigenvalue weighted by molar-refractivity contribution is 5.89. The minimum atomic E-state index is -0.143. The quantitative estimate of drug-likeness (QED) is 0.796. The molecule has 1 amide bonds. The van der Waals surface area contributed by atoms with Gasteiger partial charge in [-0.2, -0.15) is 10.5 Å². The molecule has 6 nitrogen and oxygen atoms in total. The fourth-order valence-electron chi connectivity index (χ4n) is 1.98. The molecule has 0 fully saturated rings. The van der Waals surface area contributed by atoms with Crippen LogP contribution in [0.3, 0.4) is 0 Å². The molecule has 6 heteroatoms. The topological polar surface area (TPSA) is 105 Å². The van der Waals surface area contributed by atoms with Crippen LogP contribution in [0.1, 0.15) is 57.3 Å². The number of carbonyl (C=O) groups is 1. The predicted octanol–water partition coefficient (Wildman–Crippen LogP) is 2.70. The molecule has 0 aliphatic heterocycles. The Hall–Kier alpha value is -2.34. The summed E-state index contributed by atoms with van der Waals surface area (Å²) in [4.78, 5) is 18.4. The van der Waals surface area contributed by atoms with E-state index in [1.165, 1.54) is 0 Å². The van der Waals surface area contributed by atoms with Crippen molar-refractivity contribution >= 4 is 11.9 Å². The fourth-order valence-corrected chi connectivity index (χ4v) is 1.98. The van der Waals surface area contributed by atoms with E-state index in [1.54, 1.807) is 6.07 Å². The number of rotatable bonds is 7. The maximum Gasteiger partial charge on any atom is 0.226 e. The van der Waals surface area contributed by atoms with Crippen molar-refractivity contribution < 1.29 is 4.79 Å². The summed E-state index contributed by atoms with van der Waals surface area (Å²) in [6.07, 6.45) is 4.65. The first kappa shape index (κ1) is 15.7. The molecule has 2 N–H and O–H groups in total. The minimum absolute atomic E-state index is 0.000763. The number of hydrogen-bond donors (Lipinski definition) is 2. The SMILES string of the molecule is CCCC[C@H](CC)CC(=O)Nc1nc(C#N)c(C#N)[nH]1. The number of anilines is 1. The average molecular weight is 273 g/mol. The number of hydrogen-bond acceptors (Lipinski definition) is 4. The second kappa shape index (κ2) is 7.96. The molecule has 1 heterocycles. The first-order chi connectivity index (χ1) is 9.64. The molecule has 0 spiro atoms. The Balaban J connectivity index is 2.60. The molecular formula is C14H19N5O. The lowest BCUT2D eigenvalue weighted by Gasteiger charge is -2.13. The lowest BCUT2D eigenvalue weighted by Crippen LogP contribution is -2.17. The molecule has 0 aliphatic rings. The van der Waals surface area contributed by atoms with Crippen LogP contribution in [0.15, 0.2) is 0 Å². The Morgan fingerprint density at radius 2 is 2.15 bits per heavy atom. The monoisotopic (exact) mass is 273 g/mol. The summed E-state index contributed by atoms with van der Waals surface area (Å²) >= 11 is 0. The van der Waals surface area contributed by atoms with E-state index in [0.29, 0.717) is 12.3 Å². The van der Waals surface area contributed by atoms with Gasteiger partial charge in [-0.25, -0.2) is 4.98 Å². The van der Waals surface area contributed by atoms with Gasteiger partial charge in [0.25, 0.3) is 0 Å². The van der Waals surface area contributed by atoms with Gasteiger partial charge in [-0.1, -0.05) is 33.1 Å². The molecule has 1 atom stereocenters. The van der Waals surface area contributed by atoms with E-state index in [-0.39, 0.29) is 23.2 Å². The van der Waals surface area contributed by atoms with E-state index >= 15 is 0 Å². The summed E-state index contributed by atoms with van der Waals surface area (Å²) in [5.74, 6) is 0.375. The van der Waals surface area contributed by atoms with E-state index in [2.05, 4.69) is 29.1 Å². The third kappa shape index (κ3) is 4.40. The number of H-pyrrole nitrogens is 1. The number of nitrogens with zero attached hydrogens (tertiary/aromatic N) is 3. The molecule has 1 rings (SSSR count). The van der Waals surface area contributed by atoms with Crippen LogP contribution in [-0.4, -0.2) is 15.9 Å². The van der Waals surface area contributed by atoms with Crippen LogP contribution in [0.4, 0.5) is 5.95 Å². The van der Waals surface area contributed by atoms with E-state index < -0.39 is 0 Å². The van der Waals surface area contributed by atoms with E-state index in [9.17, 15) is 4.79 Å². The Morgan fingerprint density at radius 1 is 1.40 bits per heavy atom. The van der Waals surface area contributed by atoms with E-state index in [0.717, 1.165) is 25.7 Å². The number of aromatic amines is 1. The van der Waals surface area contributed by atoms with Gasteiger partial charge < -0.3 is 4.98 Å². The molecule has 20 heavy (non-hydrogen) atoms. The molecule has 0 aliphatic carbocycles. The third-order valence-corrected chi connectivity index (χ3v) is 3.20. The van der Waals surface area contributed by atoms with Gasteiger partial charge in [0.1, 0.15) is 12.1 Å². The van der Waals surface area contributed by atoms with Crippen molar-refractivity contribution in [1.82, 2.24) is 9.97 Å². The Labute approximate surface area is 118 Å². The lowest BCUT2D eigenvalue weighted by molar-refractivity contribution is -0.117. The molecule has 0 saturated carbocycles. The van der Waals surface area contributed by atoms with Crippen LogP contribution in [-0.2, 0) is 4.79 Å². The van der Waals surface area contributed by atoms with Crippen molar-refractivity contribution in [1.29, 1.82) is 10.5 Å². The van der Waals surface area contributed by atoms with Crippen LogP contribution in [0, 0.1) is 28.6 Å². The summed E-state index contributed by atoms with van der Waals surface area (Å²) in [6.45, 7) is 4.20. The fraction of sp³-hybridized carbons (Fsp3) is 0.571. The summed E-state index contributed by atoms with van der Waals surface area (Å²) < 4.78 is 0. The molecule has 0 bridgehead atoms. The third-order valence-electron chi connectivity index (χ3n) is 3.20. The number of nitrogens with one attached hydrogen (secondary N) is 2. The van der Waals surface area contributed by atoms with Gasteiger partial charge in [-0.15, -0.1) is 0 Å². The van der Waals surface area contributed by atoms with Gasteiger partial charge in [0.05, 0.1) is 0 Å². The maximum atomic E-state index is 11.9. The lowest BCUT2D eigenvalue weighted by atomic mass is 9.95. The second-order valence-electron chi connectivity index (χ2n) is 4.70. The molecule has 1 aromatic heterocycles. The first-order valence-corrected chi connectivity index (χ1v) is 6.84. The minimum Gasteiger partial charge on any atom is -0.314 e. The van der Waals surface area contributed by atoms with Crippen LogP contribution in [0.5, 0.6) is 0 Å². The molecule has 1 aromatic rings. The zero-order valence-corrected chi connectivity index (χ0v) is 11.9. The van der Waals surface area contributed by atoms with Gasteiger partial charge in [0.2, 0.25) is 11.9 Å². The molecular weight excluding hydrogens is 254 g/mol. The molecule has 0 saturated heterocycles. The van der Waals surface area contributed by atoms with Crippen LogP contribution in [0.25, 0.3) is 0 Å². The number of unbranched alkanes of at least 4 members (excludes halogenated alkanes) is 1. The van der Waals surface area contributed by atoms with Crippen LogP contribution < -0.4 is 5.32 Å². The Bertz CT molecular complexity index is 503. The number of nitriles is 2.